The molecule has 0 bridgehead atoms. The molecule has 190 valence electrons. The van der Waals surface area contributed by atoms with Crippen LogP contribution < -0.4 is 5.32 Å². The summed E-state index contributed by atoms with van der Waals surface area (Å²) in [6.45, 7) is 19.4. The third-order valence-corrected chi connectivity index (χ3v) is 5.97. The highest BCUT2D eigenvalue weighted by Crippen LogP contribution is 2.38. The molecule has 6 nitrogen and oxygen atoms in total. The molecule has 0 aliphatic carbocycles. The number of Topliss-reactive ketones (excluding diaryl/α,β-unsaturated/α-hetero) is 1. The van der Waals surface area contributed by atoms with Gasteiger partial charge in [0.2, 0.25) is 0 Å². The number of carbonyl (C=O) groups excluding carboxylic acids is 1. The van der Waals surface area contributed by atoms with Crippen LogP contribution in [0.4, 0.5) is 5.82 Å². The zero-order chi connectivity index (χ0) is 25.5. The Bertz CT molecular complexity index is 957. The molecule has 1 saturated heterocycles. The molecule has 35 heavy (non-hydrogen) atoms. The van der Waals surface area contributed by atoms with Gasteiger partial charge in [0, 0.05) is 57.1 Å². The van der Waals surface area contributed by atoms with Crippen molar-refractivity contribution in [3.8, 4) is 11.1 Å². The lowest BCUT2D eigenvalue weighted by atomic mass is 10.0. The zero-order valence-corrected chi connectivity index (χ0v) is 21.8. The van der Waals surface area contributed by atoms with E-state index in [4.69, 9.17) is 4.74 Å². The van der Waals surface area contributed by atoms with Gasteiger partial charge in [0.1, 0.15) is 5.82 Å². The van der Waals surface area contributed by atoms with Crippen molar-refractivity contribution in [3.63, 3.8) is 0 Å². The van der Waals surface area contributed by atoms with Gasteiger partial charge in [-0.05, 0) is 49.9 Å². The first-order valence-corrected chi connectivity index (χ1v) is 12.6. The predicted molar refractivity (Wildman–Crippen MR) is 147 cm³/mol. The van der Waals surface area contributed by atoms with Gasteiger partial charge < -0.3 is 14.6 Å². The topological polar surface area (TPSA) is 59.4 Å². The largest absolute Gasteiger partial charge is 0.379 e. The molecule has 1 fully saturated rings. The molecule has 0 spiro atoms. The second kappa shape index (κ2) is 15.8. The SMILES string of the molecule is C=C/C=C\C.C=CCC.Cc1c(-c2ccncc2)c(NCCN2CCOCC2)n2c1C(=O)CCC2. The Morgan fingerprint density at radius 1 is 1.17 bits per heavy atom. The van der Waals surface area contributed by atoms with E-state index in [1.807, 2.05) is 49.7 Å². The summed E-state index contributed by atoms with van der Waals surface area (Å²) in [5, 5.41) is 3.64. The molecule has 1 N–H and O–H groups in total. The van der Waals surface area contributed by atoms with E-state index in [1.165, 1.54) is 0 Å². The van der Waals surface area contributed by atoms with Gasteiger partial charge in [-0.25, -0.2) is 0 Å². The summed E-state index contributed by atoms with van der Waals surface area (Å²) in [7, 11) is 0. The number of aromatic nitrogens is 2. The minimum absolute atomic E-state index is 0.255. The van der Waals surface area contributed by atoms with Gasteiger partial charge in [0.25, 0.3) is 0 Å². The average molecular weight is 479 g/mol. The number of rotatable bonds is 7. The maximum atomic E-state index is 12.5. The molecule has 2 aliphatic rings. The van der Waals surface area contributed by atoms with Gasteiger partial charge >= 0.3 is 0 Å². The van der Waals surface area contributed by atoms with Crippen molar-refractivity contribution >= 4 is 11.6 Å². The number of ether oxygens (including phenoxy) is 1. The van der Waals surface area contributed by atoms with Crippen molar-refractivity contribution in [2.24, 2.45) is 0 Å². The van der Waals surface area contributed by atoms with Crippen LogP contribution in [0.1, 0.15) is 49.2 Å². The number of carbonyl (C=O) groups is 1. The van der Waals surface area contributed by atoms with E-state index in [9.17, 15) is 4.79 Å². The smallest absolute Gasteiger partial charge is 0.179 e. The number of allylic oxidation sites excluding steroid dienone is 4. The maximum absolute atomic E-state index is 12.5. The van der Waals surface area contributed by atoms with Crippen molar-refractivity contribution in [2.45, 2.75) is 46.6 Å². The number of morpholine rings is 1. The second-order valence-electron chi connectivity index (χ2n) is 8.45. The number of hydrogen-bond donors (Lipinski definition) is 1. The Kier molecular flexibility index (Phi) is 12.8. The van der Waals surface area contributed by atoms with Gasteiger partial charge in [-0.1, -0.05) is 37.8 Å². The molecular formula is C29H42N4O2. The number of ketones is 1. The third-order valence-electron chi connectivity index (χ3n) is 5.97. The van der Waals surface area contributed by atoms with Crippen LogP contribution in [0.25, 0.3) is 11.1 Å². The quantitative estimate of drug-likeness (QED) is 0.396. The normalized spacial score (nSPS) is 15.3. The fraction of sp³-hybridized carbons (Fsp3) is 0.448. The predicted octanol–water partition coefficient (Wildman–Crippen LogP) is 5.91. The van der Waals surface area contributed by atoms with E-state index in [1.54, 1.807) is 6.08 Å². The zero-order valence-electron chi connectivity index (χ0n) is 21.8. The van der Waals surface area contributed by atoms with E-state index in [2.05, 4.69) is 46.8 Å². The summed E-state index contributed by atoms with van der Waals surface area (Å²) < 4.78 is 7.61. The van der Waals surface area contributed by atoms with Crippen LogP contribution in [-0.4, -0.2) is 59.6 Å². The number of nitrogens with one attached hydrogen (secondary N) is 1. The van der Waals surface area contributed by atoms with Crippen LogP contribution in [0.2, 0.25) is 0 Å². The molecule has 4 rings (SSSR count). The van der Waals surface area contributed by atoms with Crippen LogP contribution in [0.3, 0.4) is 0 Å². The Balaban J connectivity index is 0.000000414. The van der Waals surface area contributed by atoms with Crippen LogP contribution in [0.15, 0.2) is 62.0 Å². The van der Waals surface area contributed by atoms with E-state index in [0.717, 1.165) is 87.0 Å². The molecule has 0 saturated carbocycles. The summed E-state index contributed by atoms with van der Waals surface area (Å²) in [5.74, 6) is 1.33. The first-order valence-electron chi connectivity index (χ1n) is 12.6. The first kappa shape index (κ1) is 28.3. The number of pyridine rings is 1. The van der Waals surface area contributed by atoms with E-state index >= 15 is 0 Å². The van der Waals surface area contributed by atoms with Crippen molar-refractivity contribution in [3.05, 3.63) is 73.2 Å². The summed E-state index contributed by atoms with van der Waals surface area (Å²) >= 11 is 0. The van der Waals surface area contributed by atoms with Gasteiger partial charge in [0.05, 0.1) is 18.9 Å². The highest BCUT2D eigenvalue weighted by Gasteiger charge is 2.28. The molecule has 2 aromatic rings. The third kappa shape index (κ3) is 8.34. The minimum atomic E-state index is 0.255. The molecular weight excluding hydrogens is 436 g/mol. The average Bonchev–Trinajstić information content (AvgIpc) is 3.18. The van der Waals surface area contributed by atoms with Gasteiger partial charge in [-0.3, -0.25) is 14.7 Å². The summed E-state index contributed by atoms with van der Waals surface area (Å²) in [4.78, 5) is 19.1. The van der Waals surface area contributed by atoms with Crippen molar-refractivity contribution < 1.29 is 9.53 Å². The second-order valence-corrected chi connectivity index (χ2v) is 8.45. The summed E-state index contributed by atoms with van der Waals surface area (Å²) in [6, 6.07) is 4.04. The first-order chi connectivity index (χ1) is 17.1. The lowest BCUT2D eigenvalue weighted by Gasteiger charge is -2.27. The fourth-order valence-electron chi connectivity index (χ4n) is 4.19. The fourth-order valence-corrected chi connectivity index (χ4v) is 4.19. The van der Waals surface area contributed by atoms with Crippen LogP contribution >= 0.6 is 0 Å². The van der Waals surface area contributed by atoms with Crippen molar-refractivity contribution in [1.29, 1.82) is 0 Å². The highest BCUT2D eigenvalue weighted by molar-refractivity contribution is 6.01. The number of anilines is 1. The lowest BCUT2D eigenvalue weighted by Crippen LogP contribution is -2.39. The van der Waals surface area contributed by atoms with Crippen LogP contribution in [0.5, 0.6) is 0 Å². The molecule has 0 amide bonds. The number of fused-ring (bicyclic) bond motifs is 1. The molecule has 0 radical (unpaired) electrons. The number of nitrogens with zero attached hydrogens (tertiary/aromatic N) is 3. The molecule has 0 aromatic carbocycles. The molecule has 0 unspecified atom stereocenters. The molecule has 2 aromatic heterocycles. The Morgan fingerprint density at radius 3 is 2.43 bits per heavy atom. The summed E-state index contributed by atoms with van der Waals surface area (Å²) in [5.41, 5.74) is 4.20. The molecule has 2 aliphatic heterocycles. The summed E-state index contributed by atoms with van der Waals surface area (Å²) in [6.07, 6.45) is 13.7. The minimum Gasteiger partial charge on any atom is -0.379 e. The van der Waals surface area contributed by atoms with Gasteiger partial charge in [0.15, 0.2) is 5.78 Å². The van der Waals surface area contributed by atoms with Crippen LogP contribution in [-0.2, 0) is 11.3 Å². The van der Waals surface area contributed by atoms with Gasteiger partial charge in [-0.15, -0.1) is 6.58 Å². The van der Waals surface area contributed by atoms with E-state index < -0.39 is 0 Å². The molecule has 6 heteroatoms. The molecule has 4 heterocycles. The Morgan fingerprint density at radius 2 is 1.86 bits per heavy atom. The Labute approximate surface area is 211 Å². The van der Waals surface area contributed by atoms with E-state index in [-0.39, 0.29) is 5.78 Å². The van der Waals surface area contributed by atoms with Crippen molar-refractivity contribution in [2.75, 3.05) is 44.7 Å². The number of hydrogen-bond acceptors (Lipinski definition) is 5. The monoisotopic (exact) mass is 478 g/mol. The highest BCUT2D eigenvalue weighted by atomic mass is 16.5. The standard InChI is InChI=1S/C20H26N4O2.C5H8.C4H8/c1-15-18(16-4-6-21-7-5-16)20(24-9-2-3-17(25)19(15)24)22-8-10-23-11-13-26-14-12-23;1-3-5-4-2;1-3-4-2/h4-7,22H,2-3,8-14H2,1H3;3-5H,1H2,2H3;3H,1,4H2,2H3/b;5-4-;. The maximum Gasteiger partial charge on any atom is 0.179 e. The molecule has 0 atom stereocenters. The van der Waals surface area contributed by atoms with Crippen LogP contribution in [0, 0.1) is 6.92 Å². The Hall–Kier alpha value is -2.96. The van der Waals surface area contributed by atoms with Crippen molar-refractivity contribution in [1.82, 2.24) is 14.5 Å². The van der Waals surface area contributed by atoms with Gasteiger partial charge in [-0.2, -0.15) is 0 Å². The van der Waals surface area contributed by atoms with E-state index in [0.29, 0.717) is 6.42 Å². The lowest BCUT2D eigenvalue weighted by molar-refractivity contribution is 0.0398.